The van der Waals surface area contributed by atoms with Crippen molar-refractivity contribution in [1.29, 1.82) is 0 Å². The van der Waals surface area contributed by atoms with Gasteiger partial charge in [-0.2, -0.15) is 4.98 Å². The molecule has 162 valence electrons. The Kier molecular flexibility index (Phi) is 6.08. The van der Waals surface area contributed by atoms with E-state index in [1.807, 2.05) is 25.1 Å². The number of hydrogen-bond acceptors (Lipinski definition) is 8. The summed E-state index contributed by atoms with van der Waals surface area (Å²) in [5, 5.41) is 18.0. The number of halogens is 1. The minimum atomic E-state index is -1.10. The molecule has 0 radical (unpaired) electrons. The number of carbonyl (C=O) groups excluding carboxylic acids is 1. The molecule has 3 heterocycles. The van der Waals surface area contributed by atoms with Gasteiger partial charge in [0.05, 0.1) is 18.2 Å². The van der Waals surface area contributed by atoms with E-state index in [2.05, 4.69) is 25.6 Å². The van der Waals surface area contributed by atoms with Crippen molar-refractivity contribution < 1.29 is 14.6 Å². The monoisotopic (exact) mass is 459 g/mol. The molecule has 1 atom stereocenters. The number of nitrogens with one attached hydrogen (secondary N) is 2. The molecule has 31 heavy (non-hydrogen) atoms. The molecule has 3 aromatic rings. The lowest BCUT2D eigenvalue weighted by molar-refractivity contribution is -0.121. The Balaban J connectivity index is 1.60. The van der Waals surface area contributed by atoms with Crippen molar-refractivity contribution in [3.63, 3.8) is 0 Å². The number of carbonyl (C=O) groups is 1. The van der Waals surface area contributed by atoms with Crippen LogP contribution in [0.25, 0.3) is 10.4 Å². The molecule has 1 aromatic carbocycles. The number of anilines is 2. The van der Waals surface area contributed by atoms with Gasteiger partial charge in [0.25, 0.3) is 0 Å². The predicted molar refractivity (Wildman–Crippen MR) is 120 cm³/mol. The van der Waals surface area contributed by atoms with Crippen LogP contribution in [0.1, 0.15) is 29.8 Å². The van der Waals surface area contributed by atoms with Gasteiger partial charge in [-0.3, -0.25) is 4.79 Å². The molecule has 8 nitrogen and oxygen atoms in total. The molecule has 2 aromatic heterocycles. The maximum absolute atomic E-state index is 11.6. The Bertz CT molecular complexity index is 1120. The fourth-order valence-electron chi connectivity index (χ4n) is 3.46. The molecule has 1 fully saturated rings. The quantitative estimate of drug-likeness (QED) is 0.532. The number of aromatic nitrogens is 3. The van der Waals surface area contributed by atoms with Crippen molar-refractivity contribution >= 4 is 40.5 Å². The first-order chi connectivity index (χ1) is 14.9. The van der Waals surface area contributed by atoms with E-state index in [1.165, 1.54) is 24.6 Å². The summed E-state index contributed by atoms with van der Waals surface area (Å²) >= 11 is 7.44. The van der Waals surface area contributed by atoms with Crippen LogP contribution in [-0.4, -0.2) is 39.6 Å². The second-order valence-corrected chi connectivity index (χ2v) is 8.86. The van der Waals surface area contributed by atoms with Crippen molar-refractivity contribution in [1.82, 2.24) is 20.3 Å². The molecule has 1 unspecified atom stereocenters. The van der Waals surface area contributed by atoms with Gasteiger partial charge in [-0.15, -0.1) is 11.3 Å². The lowest BCUT2D eigenvalue weighted by atomic mass is 9.96. The molecule has 1 amide bonds. The van der Waals surface area contributed by atoms with Gasteiger partial charge in [-0.25, -0.2) is 9.97 Å². The van der Waals surface area contributed by atoms with Gasteiger partial charge < -0.3 is 20.5 Å². The normalized spacial score (nSPS) is 18.9. The molecular formula is C21H22ClN5O3S. The van der Waals surface area contributed by atoms with Crippen molar-refractivity contribution in [2.75, 3.05) is 19.0 Å². The second-order valence-electron chi connectivity index (χ2n) is 7.42. The average molecular weight is 460 g/mol. The molecule has 1 saturated heterocycles. The highest BCUT2D eigenvalue weighted by Crippen LogP contribution is 2.38. The Morgan fingerprint density at radius 1 is 1.26 bits per heavy atom. The van der Waals surface area contributed by atoms with E-state index in [9.17, 15) is 9.90 Å². The highest BCUT2D eigenvalue weighted by atomic mass is 35.5. The summed E-state index contributed by atoms with van der Waals surface area (Å²) in [6.45, 7) is 2.43. The van der Waals surface area contributed by atoms with Crippen molar-refractivity contribution in [2.24, 2.45) is 0 Å². The summed E-state index contributed by atoms with van der Waals surface area (Å²) in [4.78, 5) is 25.5. The maximum Gasteiger partial charge on any atom is 0.237 e. The first-order valence-corrected chi connectivity index (χ1v) is 11.0. The van der Waals surface area contributed by atoms with Crippen LogP contribution in [0, 0.1) is 6.92 Å². The molecule has 0 bridgehead atoms. The SMILES string of the molecule is COc1nc(Nc2cc(C)cc(-c3cnc(C4(O)CCNC(=O)CC4)s3)c2)ncc1Cl. The van der Waals surface area contributed by atoms with E-state index in [0.717, 1.165) is 21.7 Å². The van der Waals surface area contributed by atoms with Crippen LogP contribution in [0.4, 0.5) is 11.6 Å². The highest BCUT2D eigenvalue weighted by molar-refractivity contribution is 7.15. The average Bonchev–Trinajstić information content (AvgIpc) is 3.18. The number of rotatable bonds is 5. The number of methoxy groups -OCH3 is 1. The Hall–Kier alpha value is -2.75. The van der Waals surface area contributed by atoms with E-state index in [0.29, 0.717) is 41.2 Å². The Morgan fingerprint density at radius 3 is 2.90 bits per heavy atom. The molecule has 0 aliphatic carbocycles. The van der Waals surface area contributed by atoms with Crippen molar-refractivity contribution in [3.8, 4) is 16.3 Å². The zero-order chi connectivity index (χ0) is 22.0. The fourth-order valence-corrected chi connectivity index (χ4v) is 4.68. The van der Waals surface area contributed by atoms with Crippen LogP contribution in [-0.2, 0) is 10.4 Å². The van der Waals surface area contributed by atoms with Gasteiger partial charge in [-0.1, -0.05) is 17.7 Å². The minimum absolute atomic E-state index is 0.0387. The van der Waals surface area contributed by atoms with Crippen LogP contribution in [0.2, 0.25) is 5.02 Å². The summed E-state index contributed by atoms with van der Waals surface area (Å²) in [5.74, 6) is 0.625. The largest absolute Gasteiger partial charge is 0.480 e. The van der Waals surface area contributed by atoms with Crippen LogP contribution in [0.3, 0.4) is 0 Å². The Labute approximate surface area is 188 Å². The summed E-state index contributed by atoms with van der Waals surface area (Å²) in [6, 6.07) is 6.00. The van der Waals surface area contributed by atoms with Crippen LogP contribution in [0.15, 0.2) is 30.6 Å². The molecule has 0 saturated carbocycles. The molecule has 0 spiro atoms. The topological polar surface area (TPSA) is 109 Å². The number of amides is 1. The van der Waals surface area contributed by atoms with Gasteiger partial charge in [0, 0.05) is 31.3 Å². The van der Waals surface area contributed by atoms with Gasteiger partial charge in [0.2, 0.25) is 17.7 Å². The van der Waals surface area contributed by atoms with E-state index in [1.54, 1.807) is 6.20 Å². The Morgan fingerprint density at radius 2 is 2.10 bits per heavy atom. The zero-order valence-corrected chi connectivity index (χ0v) is 18.7. The number of thiazole rings is 1. The number of nitrogens with zero attached hydrogens (tertiary/aromatic N) is 3. The van der Waals surface area contributed by atoms with E-state index < -0.39 is 5.60 Å². The fraction of sp³-hybridized carbons (Fsp3) is 0.333. The highest BCUT2D eigenvalue weighted by Gasteiger charge is 2.35. The molecule has 3 N–H and O–H groups in total. The van der Waals surface area contributed by atoms with E-state index in [4.69, 9.17) is 16.3 Å². The molecule has 10 heteroatoms. The van der Waals surface area contributed by atoms with Gasteiger partial charge in [0.15, 0.2) is 0 Å². The maximum atomic E-state index is 11.6. The lowest BCUT2D eigenvalue weighted by Gasteiger charge is -2.22. The van der Waals surface area contributed by atoms with Crippen LogP contribution in [0.5, 0.6) is 5.88 Å². The van der Waals surface area contributed by atoms with Crippen molar-refractivity contribution in [3.05, 3.63) is 46.2 Å². The first-order valence-electron chi connectivity index (χ1n) is 9.77. The number of aryl methyl sites for hydroxylation is 1. The van der Waals surface area contributed by atoms with E-state index in [-0.39, 0.29) is 12.3 Å². The minimum Gasteiger partial charge on any atom is -0.480 e. The van der Waals surface area contributed by atoms with Crippen LogP contribution >= 0.6 is 22.9 Å². The third kappa shape index (κ3) is 4.79. The van der Waals surface area contributed by atoms with Crippen LogP contribution < -0.4 is 15.4 Å². The smallest absolute Gasteiger partial charge is 0.237 e. The third-order valence-corrected chi connectivity index (χ3v) is 6.55. The van der Waals surface area contributed by atoms with Gasteiger partial charge in [-0.05, 0) is 36.6 Å². The summed E-state index contributed by atoms with van der Waals surface area (Å²) in [7, 11) is 1.50. The summed E-state index contributed by atoms with van der Waals surface area (Å²) in [5.41, 5.74) is 1.70. The van der Waals surface area contributed by atoms with E-state index >= 15 is 0 Å². The van der Waals surface area contributed by atoms with Gasteiger partial charge in [0.1, 0.15) is 15.6 Å². The standard InChI is InChI=1S/C21H22ClN5O3S/c1-12-7-13(9-14(8-12)26-20-25-10-15(22)18(27-20)30-2)16-11-24-19(31-16)21(29)4-3-17(28)23-6-5-21/h7-11,29H,3-6H2,1-2H3,(H,23,28)(H,25,26,27). The number of aliphatic hydroxyl groups is 1. The second kappa shape index (κ2) is 8.78. The first kappa shape index (κ1) is 21.5. The molecular weight excluding hydrogens is 438 g/mol. The van der Waals surface area contributed by atoms with Crippen molar-refractivity contribution in [2.45, 2.75) is 31.8 Å². The van der Waals surface area contributed by atoms with Gasteiger partial charge >= 0.3 is 0 Å². The summed E-state index contributed by atoms with van der Waals surface area (Å²) in [6.07, 6.45) is 4.34. The molecule has 4 rings (SSSR count). The third-order valence-electron chi connectivity index (χ3n) is 5.05. The zero-order valence-electron chi connectivity index (χ0n) is 17.1. The number of hydrogen-bond donors (Lipinski definition) is 3. The number of ether oxygens (including phenoxy) is 1. The molecule has 1 aliphatic rings. The predicted octanol–water partition coefficient (Wildman–Crippen LogP) is 3.80. The summed E-state index contributed by atoms with van der Waals surface area (Å²) < 4.78 is 5.15. The molecule has 1 aliphatic heterocycles. The lowest BCUT2D eigenvalue weighted by Crippen LogP contribution is -2.27. The number of benzene rings is 1.